The summed E-state index contributed by atoms with van der Waals surface area (Å²) in [6, 6.07) is 4.06. The molecule has 0 aromatic carbocycles. The average Bonchev–Trinajstić information content (AvgIpc) is 3.02. The highest BCUT2D eigenvalue weighted by Crippen LogP contribution is 2.29. The summed E-state index contributed by atoms with van der Waals surface area (Å²) in [5.41, 5.74) is 2.18. The van der Waals surface area contributed by atoms with Crippen LogP contribution in [-0.4, -0.2) is 45.3 Å². The van der Waals surface area contributed by atoms with Gasteiger partial charge in [-0.05, 0) is 18.6 Å². The van der Waals surface area contributed by atoms with Gasteiger partial charge < -0.3 is 14.8 Å². The summed E-state index contributed by atoms with van der Waals surface area (Å²) in [6.45, 7) is 2.96. The Bertz CT molecular complexity index is 817. The van der Waals surface area contributed by atoms with Gasteiger partial charge in [-0.3, -0.25) is 0 Å². The number of fused-ring (bicyclic) bond motifs is 1. The van der Waals surface area contributed by atoms with Gasteiger partial charge >= 0.3 is 6.01 Å². The van der Waals surface area contributed by atoms with E-state index in [9.17, 15) is 0 Å². The Morgan fingerprint density at radius 3 is 2.74 bits per heavy atom. The molecule has 0 radical (unpaired) electrons. The van der Waals surface area contributed by atoms with Crippen molar-refractivity contribution in [3.05, 3.63) is 24.5 Å². The molecule has 8 heteroatoms. The van der Waals surface area contributed by atoms with Crippen LogP contribution in [0.4, 0.5) is 5.82 Å². The molecule has 0 aliphatic heterocycles. The highest BCUT2D eigenvalue weighted by molar-refractivity contribution is 5.67. The van der Waals surface area contributed by atoms with Gasteiger partial charge in [-0.25, -0.2) is 14.5 Å². The van der Waals surface area contributed by atoms with E-state index in [-0.39, 0.29) is 6.01 Å². The molecule has 3 aromatic rings. The van der Waals surface area contributed by atoms with Gasteiger partial charge in [-0.15, -0.1) is 5.10 Å². The number of hydrogen-bond acceptors (Lipinski definition) is 7. The first-order valence-electron chi connectivity index (χ1n) is 7.31. The molecule has 8 nitrogen and oxygen atoms in total. The lowest BCUT2D eigenvalue weighted by Gasteiger charge is -2.09. The summed E-state index contributed by atoms with van der Waals surface area (Å²) >= 11 is 0. The van der Waals surface area contributed by atoms with Crippen molar-refractivity contribution in [1.29, 1.82) is 0 Å². The second-order valence-electron chi connectivity index (χ2n) is 4.84. The SMILES string of the molecule is CCCNc1ccc2ncc(-c3cnc(OC)nc3OC)n2n1. The zero-order valence-electron chi connectivity index (χ0n) is 13.3. The van der Waals surface area contributed by atoms with Crippen LogP contribution in [0.3, 0.4) is 0 Å². The highest BCUT2D eigenvalue weighted by atomic mass is 16.5. The molecule has 0 saturated heterocycles. The van der Waals surface area contributed by atoms with Gasteiger partial charge in [0.2, 0.25) is 5.88 Å². The Hall–Kier alpha value is -2.90. The number of imidazole rings is 1. The van der Waals surface area contributed by atoms with Crippen LogP contribution >= 0.6 is 0 Å². The standard InChI is InChI=1S/C15H18N6O2/c1-4-7-16-12-5-6-13-17-9-11(21(13)20-12)10-8-18-15(23-3)19-14(10)22-2/h5-6,8-9H,4,7H2,1-3H3,(H,16,20). The predicted molar refractivity (Wildman–Crippen MR) is 85.9 cm³/mol. The minimum Gasteiger partial charge on any atom is -0.480 e. The molecule has 1 N–H and O–H groups in total. The number of nitrogens with zero attached hydrogens (tertiary/aromatic N) is 5. The van der Waals surface area contributed by atoms with E-state index >= 15 is 0 Å². The summed E-state index contributed by atoms with van der Waals surface area (Å²) in [5.74, 6) is 1.19. The molecule has 23 heavy (non-hydrogen) atoms. The fourth-order valence-corrected chi connectivity index (χ4v) is 2.18. The lowest BCUT2D eigenvalue weighted by molar-refractivity contribution is 0.353. The van der Waals surface area contributed by atoms with Gasteiger partial charge in [0.15, 0.2) is 5.65 Å². The largest absolute Gasteiger partial charge is 0.480 e. The van der Waals surface area contributed by atoms with Crippen molar-refractivity contribution in [3.8, 4) is 23.1 Å². The lowest BCUT2D eigenvalue weighted by atomic mass is 10.2. The molecule has 3 aromatic heterocycles. The van der Waals surface area contributed by atoms with Crippen molar-refractivity contribution < 1.29 is 9.47 Å². The van der Waals surface area contributed by atoms with Gasteiger partial charge in [-0.2, -0.15) is 4.98 Å². The first-order valence-corrected chi connectivity index (χ1v) is 7.31. The minimum absolute atomic E-state index is 0.248. The first kappa shape index (κ1) is 15.0. The van der Waals surface area contributed by atoms with Crippen LogP contribution in [0.1, 0.15) is 13.3 Å². The molecule has 0 spiro atoms. The topological polar surface area (TPSA) is 86.5 Å². The average molecular weight is 314 g/mol. The van der Waals surface area contributed by atoms with Crippen molar-refractivity contribution in [2.75, 3.05) is 26.1 Å². The summed E-state index contributed by atoms with van der Waals surface area (Å²) in [6.07, 6.45) is 4.39. The fraction of sp³-hybridized carbons (Fsp3) is 0.333. The minimum atomic E-state index is 0.248. The monoisotopic (exact) mass is 314 g/mol. The summed E-state index contributed by atoms with van der Waals surface area (Å²) in [5, 5.41) is 7.83. The Morgan fingerprint density at radius 2 is 2.00 bits per heavy atom. The molecule has 0 unspecified atom stereocenters. The smallest absolute Gasteiger partial charge is 0.319 e. The van der Waals surface area contributed by atoms with Crippen LogP contribution in [0.2, 0.25) is 0 Å². The number of aromatic nitrogens is 5. The fourth-order valence-electron chi connectivity index (χ4n) is 2.18. The first-order chi connectivity index (χ1) is 11.3. The number of rotatable bonds is 6. The highest BCUT2D eigenvalue weighted by Gasteiger charge is 2.15. The maximum atomic E-state index is 5.34. The normalized spacial score (nSPS) is 10.7. The number of anilines is 1. The van der Waals surface area contributed by atoms with E-state index in [4.69, 9.17) is 9.47 Å². The zero-order chi connectivity index (χ0) is 16.2. The van der Waals surface area contributed by atoms with E-state index in [2.05, 4.69) is 32.3 Å². The second kappa shape index (κ2) is 6.47. The van der Waals surface area contributed by atoms with Crippen molar-refractivity contribution in [1.82, 2.24) is 24.6 Å². The van der Waals surface area contributed by atoms with Crippen molar-refractivity contribution in [2.24, 2.45) is 0 Å². The Kier molecular flexibility index (Phi) is 4.22. The molecule has 3 rings (SSSR count). The van der Waals surface area contributed by atoms with E-state index in [0.29, 0.717) is 11.4 Å². The molecule has 0 amide bonds. The van der Waals surface area contributed by atoms with Gasteiger partial charge in [-0.1, -0.05) is 6.92 Å². The lowest BCUT2D eigenvalue weighted by Crippen LogP contribution is -2.05. The van der Waals surface area contributed by atoms with Gasteiger partial charge in [0.1, 0.15) is 5.82 Å². The third kappa shape index (κ3) is 2.87. The van der Waals surface area contributed by atoms with E-state index in [0.717, 1.165) is 30.1 Å². The molecule has 0 saturated carbocycles. The molecule has 3 heterocycles. The van der Waals surface area contributed by atoms with Crippen LogP contribution < -0.4 is 14.8 Å². The van der Waals surface area contributed by atoms with Crippen LogP contribution in [0.5, 0.6) is 11.9 Å². The van der Waals surface area contributed by atoms with Crippen LogP contribution in [0, 0.1) is 0 Å². The third-order valence-corrected chi connectivity index (χ3v) is 3.30. The second-order valence-corrected chi connectivity index (χ2v) is 4.84. The number of hydrogen-bond donors (Lipinski definition) is 1. The number of methoxy groups -OCH3 is 2. The molecule has 0 bridgehead atoms. The molecule has 120 valence electrons. The molecule has 0 atom stereocenters. The Labute approximate surface area is 133 Å². The van der Waals surface area contributed by atoms with Gasteiger partial charge in [0.25, 0.3) is 0 Å². The van der Waals surface area contributed by atoms with Crippen molar-refractivity contribution in [2.45, 2.75) is 13.3 Å². The summed E-state index contributed by atoms with van der Waals surface area (Å²) in [4.78, 5) is 12.7. The molecule has 0 aliphatic carbocycles. The van der Waals surface area contributed by atoms with Gasteiger partial charge in [0.05, 0.1) is 31.7 Å². The van der Waals surface area contributed by atoms with E-state index in [1.165, 1.54) is 7.11 Å². The predicted octanol–water partition coefficient (Wildman–Crippen LogP) is 2.03. The van der Waals surface area contributed by atoms with Crippen LogP contribution in [0.15, 0.2) is 24.5 Å². The van der Waals surface area contributed by atoms with E-state index < -0.39 is 0 Å². The summed E-state index contributed by atoms with van der Waals surface area (Å²) < 4.78 is 12.1. The van der Waals surface area contributed by atoms with Crippen LogP contribution in [0.25, 0.3) is 16.9 Å². The third-order valence-electron chi connectivity index (χ3n) is 3.30. The van der Waals surface area contributed by atoms with Crippen LogP contribution in [-0.2, 0) is 0 Å². The maximum Gasteiger partial charge on any atom is 0.319 e. The number of nitrogens with one attached hydrogen (secondary N) is 1. The molecule has 0 fully saturated rings. The van der Waals surface area contributed by atoms with E-state index in [1.807, 2.05) is 12.1 Å². The number of ether oxygens (including phenoxy) is 2. The molecular weight excluding hydrogens is 296 g/mol. The van der Waals surface area contributed by atoms with Gasteiger partial charge in [0, 0.05) is 12.7 Å². The molecular formula is C15H18N6O2. The quantitative estimate of drug-likeness (QED) is 0.745. The Balaban J connectivity index is 2.08. The van der Waals surface area contributed by atoms with Crippen molar-refractivity contribution in [3.63, 3.8) is 0 Å². The Morgan fingerprint density at radius 1 is 1.13 bits per heavy atom. The van der Waals surface area contributed by atoms with Crippen molar-refractivity contribution >= 4 is 11.5 Å². The molecule has 0 aliphatic rings. The zero-order valence-corrected chi connectivity index (χ0v) is 13.3. The maximum absolute atomic E-state index is 5.34. The van der Waals surface area contributed by atoms with E-state index in [1.54, 1.807) is 24.0 Å². The summed E-state index contributed by atoms with van der Waals surface area (Å²) in [7, 11) is 3.06.